The molecule has 0 saturated carbocycles. The quantitative estimate of drug-likeness (QED) is 0.709. The molecular weight excluding hydrogens is 291 g/mol. The van der Waals surface area contributed by atoms with Gasteiger partial charge < -0.3 is 22.8 Å². The van der Waals surface area contributed by atoms with Crippen LogP contribution in [-0.4, -0.2) is 48.5 Å². The van der Waals surface area contributed by atoms with E-state index in [2.05, 4.69) is 0 Å². The van der Waals surface area contributed by atoms with Gasteiger partial charge in [0.15, 0.2) is 6.29 Å². The first kappa shape index (κ1) is 11.6. The molecule has 13 heavy (non-hydrogen) atoms. The zero-order chi connectivity index (χ0) is 9.84. The Labute approximate surface area is 90.7 Å². The lowest BCUT2D eigenvalue weighted by molar-refractivity contribution is -0.241. The van der Waals surface area contributed by atoms with Crippen LogP contribution < -0.4 is 0 Å². The molecule has 1 aliphatic rings. The van der Waals surface area contributed by atoms with Gasteiger partial charge in [0.25, 0.3) is 0 Å². The Morgan fingerprint density at radius 2 is 2.31 bits per heavy atom. The lowest BCUT2D eigenvalue weighted by Gasteiger charge is -2.36. The fourth-order valence-electron chi connectivity index (χ4n) is 1.29. The summed E-state index contributed by atoms with van der Waals surface area (Å²) < 4.78 is 15.2. The van der Waals surface area contributed by atoms with Gasteiger partial charge in [0, 0.05) is 13.5 Å². The summed E-state index contributed by atoms with van der Waals surface area (Å²) in [5, 5.41) is 18.5. The summed E-state index contributed by atoms with van der Waals surface area (Å²) in [7, 11) is 1.51. The third-order valence-corrected chi connectivity index (χ3v) is 2.72. The molecule has 6 heteroatoms. The normalized spacial score (nSPS) is 40.6. The van der Waals surface area contributed by atoms with E-state index in [1.54, 1.807) is 23.0 Å². The fourth-order valence-corrected chi connectivity index (χ4v) is 1.80. The second-order valence-electron chi connectivity index (χ2n) is 2.88. The van der Waals surface area contributed by atoms with E-state index in [0.717, 1.165) is 0 Å². The summed E-state index contributed by atoms with van der Waals surface area (Å²) in [6, 6.07) is 0. The van der Waals surface area contributed by atoms with Gasteiger partial charge in [-0.3, -0.25) is 0 Å². The Kier molecular flexibility index (Phi) is 4.84. The first-order valence-electron chi connectivity index (χ1n) is 3.97. The molecule has 2 unspecified atom stereocenters. The van der Waals surface area contributed by atoms with Crippen LogP contribution in [0.1, 0.15) is 6.42 Å². The summed E-state index contributed by atoms with van der Waals surface area (Å²) in [6.07, 6.45) is -1.72. The maximum Gasteiger partial charge on any atom is 0.160 e. The Hall–Kier alpha value is 0.530. The van der Waals surface area contributed by atoms with Crippen molar-refractivity contribution in [3.05, 3.63) is 0 Å². The van der Waals surface area contributed by atoms with Gasteiger partial charge in [0.05, 0.1) is 6.61 Å². The molecule has 1 aliphatic heterocycles. The van der Waals surface area contributed by atoms with Crippen LogP contribution in [0.3, 0.4) is 0 Å². The van der Waals surface area contributed by atoms with E-state index < -0.39 is 18.5 Å². The van der Waals surface area contributed by atoms with Crippen LogP contribution in [0.15, 0.2) is 0 Å². The first-order valence-corrected chi connectivity index (χ1v) is 4.85. The van der Waals surface area contributed by atoms with E-state index >= 15 is 0 Å². The molecule has 78 valence electrons. The van der Waals surface area contributed by atoms with Gasteiger partial charge in [0.1, 0.15) is 41.3 Å². The maximum absolute atomic E-state index is 9.57. The van der Waals surface area contributed by atoms with Gasteiger partial charge in [-0.05, 0) is 0 Å². The van der Waals surface area contributed by atoms with Crippen molar-refractivity contribution in [2.75, 3.05) is 13.7 Å². The van der Waals surface area contributed by atoms with Crippen molar-refractivity contribution in [3.63, 3.8) is 0 Å². The molecular formula is C7H13IO5. The monoisotopic (exact) mass is 304 g/mol. The van der Waals surface area contributed by atoms with Gasteiger partial charge >= 0.3 is 0 Å². The number of ether oxygens (including phenoxy) is 2. The van der Waals surface area contributed by atoms with Crippen molar-refractivity contribution in [3.8, 4) is 0 Å². The average Bonchev–Trinajstić information content (AvgIpc) is 2.18. The Morgan fingerprint density at radius 1 is 1.62 bits per heavy atom. The molecule has 1 fully saturated rings. The second-order valence-corrected chi connectivity index (χ2v) is 3.38. The number of rotatable bonds is 3. The van der Waals surface area contributed by atoms with Crippen LogP contribution in [0.25, 0.3) is 0 Å². The van der Waals surface area contributed by atoms with E-state index in [1.165, 1.54) is 7.11 Å². The van der Waals surface area contributed by atoms with Crippen LogP contribution in [-0.2, 0) is 12.5 Å². The van der Waals surface area contributed by atoms with Crippen LogP contribution in [0, 0.1) is 0 Å². The van der Waals surface area contributed by atoms with Crippen molar-refractivity contribution in [2.24, 2.45) is 0 Å². The predicted octanol–water partition coefficient (Wildman–Crippen LogP) is -0.164. The molecule has 0 spiro atoms. The number of methoxy groups -OCH3 is 1. The third-order valence-electron chi connectivity index (χ3n) is 2.07. The topological polar surface area (TPSA) is 68.2 Å². The molecule has 2 N–H and O–H groups in total. The molecule has 0 aliphatic carbocycles. The smallest absolute Gasteiger partial charge is 0.160 e. The highest BCUT2D eigenvalue weighted by atomic mass is 127. The van der Waals surface area contributed by atoms with Crippen LogP contribution in [0.4, 0.5) is 0 Å². The summed E-state index contributed by atoms with van der Waals surface area (Å²) in [5.74, 6) is 0. The fraction of sp³-hybridized carbons (Fsp3) is 1.00. The average molecular weight is 304 g/mol. The molecule has 0 aromatic heterocycles. The zero-order valence-corrected chi connectivity index (χ0v) is 9.38. The molecule has 0 bridgehead atoms. The summed E-state index contributed by atoms with van der Waals surface area (Å²) >= 11 is 1.72. The molecule has 1 heterocycles. The number of halogens is 1. The van der Waals surface area contributed by atoms with Crippen molar-refractivity contribution in [2.45, 2.75) is 31.0 Å². The minimum Gasteiger partial charge on any atom is -0.394 e. The van der Waals surface area contributed by atoms with E-state index in [9.17, 15) is 5.11 Å². The largest absolute Gasteiger partial charge is 0.394 e. The first-order chi connectivity index (χ1) is 6.22. The lowest BCUT2D eigenvalue weighted by Crippen LogP contribution is -2.50. The van der Waals surface area contributed by atoms with Gasteiger partial charge in [0.2, 0.25) is 0 Å². The zero-order valence-electron chi connectivity index (χ0n) is 7.22. The molecule has 0 amide bonds. The molecule has 0 aromatic carbocycles. The molecule has 1 rings (SSSR count). The molecule has 0 aromatic rings. The van der Waals surface area contributed by atoms with E-state index in [-0.39, 0.29) is 12.7 Å². The minimum atomic E-state index is -0.798. The minimum absolute atomic E-state index is 0.239. The standard InChI is InChI=1S/C7H13IO5/c1-11-6-2-4(13-8)7(10)5(3-9)12-6/h4-7,9-10H,2-3H2,1H3/t4?,5?,6-,7-/m0/s1. The lowest BCUT2D eigenvalue weighted by atomic mass is 10.0. The Morgan fingerprint density at radius 3 is 2.77 bits per heavy atom. The van der Waals surface area contributed by atoms with Gasteiger partial charge in [-0.1, -0.05) is 0 Å². The highest BCUT2D eigenvalue weighted by molar-refractivity contribution is 14.1. The number of hydrogen-bond donors (Lipinski definition) is 2. The van der Waals surface area contributed by atoms with Crippen LogP contribution in [0.5, 0.6) is 0 Å². The van der Waals surface area contributed by atoms with Crippen molar-refractivity contribution >= 4 is 23.0 Å². The number of hydrogen-bond acceptors (Lipinski definition) is 5. The molecule has 4 atom stereocenters. The Balaban J connectivity index is 2.56. The molecule has 0 radical (unpaired) electrons. The molecule has 5 nitrogen and oxygen atoms in total. The SMILES string of the molecule is CO[C@@H]1CC(OI)[C@H](O)C(CO)O1. The van der Waals surface area contributed by atoms with Gasteiger partial charge in [-0.2, -0.15) is 0 Å². The van der Waals surface area contributed by atoms with Crippen molar-refractivity contribution < 1.29 is 22.8 Å². The summed E-state index contributed by atoms with van der Waals surface area (Å²) in [5.41, 5.74) is 0. The van der Waals surface area contributed by atoms with E-state index in [0.29, 0.717) is 6.42 Å². The van der Waals surface area contributed by atoms with Gasteiger partial charge in [-0.15, -0.1) is 0 Å². The van der Waals surface area contributed by atoms with E-state index in [4.69, 9.17) is 17.6 Å². The van der Waals surface area contributed by atoms with Crippen molar-refractivity contribution in [1.82, 2.24) is 0 Å². The predicted molar refractivity (Wildman–Crippen MR) is 52.3 cm³/mol. The van der Waals surface area contributed by atoms with E-state index in [1.807, 2.05) is 0 Å². The highest BCUT2D eigenvalue weighted by Gasteiger charge is 2.37. The van der Waals surface area contributed by atoms with Crippen LogP contribution in [0.2, 0.25) is 0 Å². The Bertz CT molecular complexity index is 142. The summed E-state index contributed by atoms with van der Waals surface area (Å²) in [4.78, 5) is 0. The van der Waals surface area contributed by atoms with Gasteiger partial charge in [-0.25, -0.2) is 0 Å². The van der Waals surface area contributed by atoms with Crippen molar-refractivity contribution in [1.29, 1.82) is 0 Å². The summed E-state index contributed by atoms with van der Waals surface area (Å²) in [6.45, 7) is -0.239. The van der Waals surface area contributed by atoms with Crippen LogP contribution >= 0.6 is 23.0 Å². The number of aliphatic hydroxyl groups excluding tert-OH is 2. The second kappa shape index (κ2) is 5.42. The highest BCUT2D eigenvalue weighted by Crippen LogP contribution is 2.24. The maximum atomic E-state index is 9.57. The molecule has 1 saturated heterocycles. The third kappa shape index (κ3) is 2.74. The number of aliphatic hydroxyl groups is 2.